The van der Waals surface area contributed by atoms with Gasteiger partial charge in [-0.15, -0.1) is 0 Å². The summed E-state index contributed by atoms with van der Waals surface area (Å²) in [4.78, 5) is 2.84. The number of aryl methyl sites for hydroxylation is 2. The van der Waals surface area contributed by atoms with E-state index in [1.807, 2.05) is 27.7 Å². The van der Waals surface area contributed by atoms with Gasteiger partial charge in [0.15, 0.2) is 0 Å². The van der Waals surface area contributed by atoms with E-state index in [4.69, 9.17) is 0 Å². The molecule has 1 saturated heterocycles. The molecule has 2 heterocycles. The van der Waals surface area contributed by atoms with Crippen LogP contribution < -0.4 is 4.72 Å². The van der Waals surface area contributed by atoms with Crippen molar-refractivity contribution in [3.63, 3.8) is 0 Å². The van der Waals surface area contributed by atoms with Gasteiger partial charge < -0.3 is 0 Å². The van der Waals surface area contributed by atoms with Crippen LogP contribution in [-0.2, 0) is 10.0 Å². The van der Waals surface area contributed by atoms with Crippen LogP contribution in [0.5, 0.6) is 0 Å². The zero-order chi connectivity index (χ0) is 18.9. The number of sulfonamides is 1. The third-order valence-corrected chi connectivity index (χ3v) is 7.94. The van der Waals surface area contributed by atoms with Crippen LogP contribution >= 0.6 is 11.3 Å². The zero-order valence-corrected chi connectivity index (χ0v) is 17.6. The molecule has 1 aromatic heterocycles. The first-order valence-corrected chi connectivity index (χ1v) is 11.6. The van der Waals surface area contributed by atoms with Crippen molar-refractivity contribution in [1.82, 2.24) is 9.62 Å². The van der Waals surface area contributed by atoms with Gasteiger partial charge in [-0.1, -0.05) is 6.07 Å². The minimum Gasteiger partial charge on any atom is -0.295 e. The molecule has 3 rings (SSSR count). The van der Waals surface area contributed by atoms with E-state index in [0.29, 0.717) is 11.4 Å². The SMILES string of the molecule is Cc1cc(C)c(C)c(S(=O)(=O)NCC(c2ccsc2)N2CCCC2)c1C. The van der Waals surface area contributed by atoms with Crippen molar-refractivity contribution in [2.75, 3.05) is 19.6 Å². The summed E-state index contributed by atoms with van der Waals surface area (Å²) >= 11 is 1.66. The van der Waals surface area contributed by atoms with Crippen LogP contribution in [0, 0.1) is 27.7 Å². The smallest absolute Gasteiger partial charge is 0.241 e. The number of rotatable bonds is 6. The first kappa shape index (κ1) is 19.5. The maximum atomic E-state index is 13.1. The zero-order valence-electron chi connectivity index (χ0n) is 16.0. The Morgan fingerprint density at radius 2 is 1.73 bits per heavy atom. The molecule has 1 aromatic carbocycles. The van der Waals surface area contributed by atoms with Crippen LogP contribution in [0.1, 0.15) is 46.7 Å². The van der Waals surface area contributed by atoms with E-state index in [1.54, 1.807) is 11.3 Å². The minimum atomic E-state index is -3.56. The van der Waals surface area contributed by atoms with Crippen LogP contribution in [0.2, 0.25) is 0 Å². The van der Waals surface area contributed by atoms with E-state index in [9.17, 15) is 8.42 Å². The van der Waals surface area contributed by atoms with Gasteiger partial charge in [-0.3, -0.25) is 4.90 Å². The fraction of sp³-hybridized carbons (Fsp3) is 0.500. The number of hydrogen-bond acceptors (Lipinski definition) is 4. The number of nitrogens with one attached hydrogen (secondary N) is 1. The Morgan fingerprint density at radius 3 is 2.27 bits per heavy atom. The second-order valence-electron chi connectivity index (χ2n) is 7.26. The van der Waals surface area contributed by atoms with Crippen LogP contribution in [0.25, 0.3) is 0 Å². The summed E-state index contributed by atoms with van der Waals surface area (Å²) in [6.45, 7) is 10.2. The second kappa shape index (κ2) is 7.80. The summed E-state index contributed by atoms with van der Waals surface area (Å²) in [6.07, 6.45) is 2.37. The third kappa shape index (κ3) is 3.88. The van der Waals surface area contributed by atoms with E-state index in [0.717, 1.165) is 35.3 Å². The highest BCUT2D eigenvalue weighted by Crippen LogP contribution is 2.29. The number of thiophene rings is 1. The molecule has 1 aliphatic rings. The molecule has 0 saturated carbocycles. The molecule has 1 fully saturated rings. The third-order valence-electron chi connectivity index (χ3n) is 5.54. The molecule has 1 unspecified atom stereocenters. The normalized spacial score (nSPS) is 16.9. The molecule has 1 atom stereocenters. The average Bonchev–Trinajstić information content (AvgIpc) is 3.27. The Bertz CT molecular complexity index is 841. The van der Waals surface area contributed by atoms with E-state index >= 15 is 0 Å². The van der Waals surface area contributed by atoms with E-state index in [-0.39, 0.29) is 6.04 Å². The highest BCUT2D eigenvalue weighted by atomic mass is 32.2. The Balaban J connectivity index is 1.87. The van der Waals surface area contributed by atoms with Crippen molar-refractivity contribution in [2.24, 2.45) is 0 Å². The molecule has 6 heteroatoms. The summed E-state index contributed by atoms with van der Waals surface area (Å²) in [6, 6.07) is 4.27. The van der Waals surface area contributed by atoms with Gasteiger partial charge in [0.2, 0.25) is 10.0 Å². The van der Waals surface area contributed by atoms with Gasteiger partial charge in [-0.2, -0.15) is 11.3 Å². The van der Waals surface area contributed by atoms with Gasteiger partial charge in [0.1, 0.15) is 0 Å². The van der Waals surface area contributed by atoms with Gasteiger partial charge in [0, 0.05) is 12.6 Å². The molecule has 0 radical (unpaired) electrons. The minimum absolute atomic E-state index is 0.102. The van der Waals surface area contributed by atoms with Crippen molar-refractivity contribution in [3.05, 3.63) is 50.7 Å². The number of benzene rings is 1. The van der Waals surface area contributed by atoms with Crippen LogP contribution in [-0.4, -0.2) is 33.0 Å². The molecular formula is C20H28N2O2S2. The van der Waals surface area contributed by atoms with Gasteiger partial charge in [0.25, 0.3) is 0 Å². The van der Waals surface area contributed by atoms with Gasteiger partial charge in [-0.25, -0.2) is 13.1 Å². The molecule has 0 spiro atoms. The van der Waals surface area contributed by atoms with Gasteiger partial charge >= 0.3 is 0 Å². The van der Waals surface area contributed by atoms with Crippen LogP contribution in [0.4, 0.5) is 0 Å². The topological polar surface area (TPSA) is 49.4 Å². The summed E-state index contributed by atoms with van der Waals surface area (Å²) < 4.78 is 29.2. The summed E-state index contributed by atoms with van der Waals surface area (Å²) in [5.41, 5.74) is 4.92. The maximum Gasteiger partial charge on any atom is 0.241 e. The van der Waals surface area contributed by atoms with Crippen LogP contribution in [0.3, 0.4) is 0 Å². The summed E-state index contributed by atoms with van der Waals surface area (Å²) in [5.74, 6) is 0. The van der Waals surface area contributed by atoms with Crippen molar-refractivity contribution in [2.45, 2.75) is 51.5 Å². The van der Waals surface area contributed by atoms with E-state index in [2.05, 4.69) is 32.5 Å². The number of nitrogens with zero attached hydrogens (tertiary/aromatic N) is 1. The monoisotopic (exact) mass is 392 g/mol. The Hall–Kier alpha value is -1.21. The Labute approximate surface area is 161 Å². The lowest BCUT2D eigenvalue weighted by atomic mass is 10.0. The van der Waals surface area contributed by atoms with E-state index < -0.39 is 10.0 Å². The largest absolute Gasteiger partial charge is 0.295 e. The predicted molar refractivity (Wildman–Crippen MR) is 108 cm³/mol. The molecule has 1 N–H and O–H groups in total. The molecular weight excluding hydrogens is 364 g/mol. The lowest BCUT2D eigenvalue weighted by Crippen LogP contribution is -2.37. The predicted octanol–water partition coefficient (Wildman–Crippen LogP) is 4.10. The van der Waals surface area contributed by atoms with Crippen molar-refractivity contribution < 1.29 is 8.42 Å². The molecule has 1 aliphatic heterocycles. The van der Waals surface area contributed by atoms with Crippen molar-refractivity contribution in [1.29, 1.82) is 0 Å². The first-order valence-electron chi connectivity index (χ1n) is 9.14. The Kier molecular flexibility index (Phi) is 5.87. The fourth-order valence-electron chi connectivity index (χ4n) is 3.82. The lowest BCUT2D eigenvalue weighted by molar-refractivity contribution is 0.247. The van der Waals surface area contributed by atoms with Gasteiger partial charge in [-0.05, 0) is 98.3 Å². The van der Waals surface area contributed by atoms with E-state index in [1.165, 1.54) is 18.4 Å². The number of hydrogen-bond donors (Lipinski definition) is 1. The standard InChI is InChI=1S/C20H28N2O2S2/c1-14-11-15(2)17(4)20(16(14)3)26(23,24)21-12-19(18-7-10-25-13-18)22-8-5-6-9-22/h7,10-11,13,19,21H,5-6,8-9,12H2,1-4H3. The highest BCUT2D eigenvalue weighted by Gasteiger charge is 2.27. The summed E-state index contributed by atoms with van der Waals surface area (Å²) in [7, 11) is -3.56. The molecule has 0 bridgehead atoms. The first-order chi connectivity index (χ1) is 12.3. The fourth-order valence-corrected chi connectivity index (χ4v) is 6.18. The molecule has 0 amide bonds. The Morgan fingerprint density at radius 1 is 1.12 bits per heavy atom. The lowest BCUT2D eigenvalue weighted by Gasteiger charge is -2.27. The molecule has 2 aromatic rings. The van der Waals surface area contributed by atoms with Crippen molar-refractivity contribution >= 4 is 21.4 Å². The quantitative estimate of drug-likeness (QED) is 0.805. The molecule has 0 aliphatic carbocycles. The van der Waals surface area contributed by atoms with Crippen LogP contribution in [0.15, 0.2) is 27.8 Å². The summed E-state index contributed by atoms with van der Waals surface area (Å²) in [5, 5.41) is 4.19. The number of likely N-dealkylation sites (tertiary alicyclic amines) is 1. The average molecular weight is 393 g/mol. The molecule has 26 heavy (non-hydrogen) atoms. The molecule has 4 nitrogen and oxygen atoms in total. The van der Waals surface area contributed by atoms with Crippen molar-refractivity contribution in [3.8, 4) is 0 Å². The van der Waals surface area contributed by atoms with Gasteiger partial charge in [0.05, 0.1) is 4.90 Å². The second-order valence-corrected chi connectivity index (χ2v) is 9.74. The molecule has 142 valence electrons. The highest BCUT2D eigenvalue weighted by molar-refractivity contribution is 7.89. The maximum absolute atomic E-state index is 13.1.